The van der Waals surface area contributed by atoms with Crippen LogP contribution in [0, 0.1) is 6.92 Å². The van der Waals surface area contributed by atoms with Crippen molar-refractivity contribution in [1.82, 2.24) is 10.2 Å². The summed E-state index contributed by atoms with van der Waals surface area (Å²) in [5.41, 5.74) is 0.935. The van der Waals surface area contributed by atoms with Crippen molar-refractivity contribution in [2.45, 2.75) is 20.3 Å². The van der Waals surface area contributed by atoms with Gasteiger partial charge in [-0.2, -0.15) is 5.10 Å². The van der Waals surface area contributed by atoms with Crippen molar-refractivity contribution in [3.05, 3.63) is 17.8 Å². The summed E-state index contributed by atoms with van der Waals surface area (Å²) in [5, 5.41) is 11.1. The van der Waals surface area contributed by atoms with Crippen LogP contribution in [-0.4, -0.2) is 30.0 Å². The molecule has 0 saturated carbocycles. The molecule has 0 amide bonds. The van der Waals surface area contributed by atoms with Gasteiger partial charge in [0.05, 0.1) is 5.69 Å². The fourth-order valence-corrected chi connectivity index (χ4v) is 1.03. The zero-order valence-corrected chi connectivity index (χ0v) is 8.79. The fourth-order valence-electron chi connectivity index (χ4n) is 1.03. The van der Waals surface area contributed by atoms with Gasteiger partial charge >= 0.3 is 0 Å². The van der Waals surface area contributed by atoms with Crippen LogP contribution < -0.4 is 5.32 Å². The Bertz CT molecular complexity index is 248. The molecule has 0 aliphatic heterocycles. The maximum Gasteiger partial charge on any atom is 0.148 e. The lowest BCUT2D eigenvalue weighted by Gasteiger charge is -2.04. The van der Waals surface area contributed by atoms with Gasteiger partial charge < -0.3 is 10.1 Å². The summed E-state index contributed by atoms with van der Waals surface area (Å²) >= 11 is 0. The first kappa shape index (κ1) is 10.9. The third kappa shape index (κ3) is 4.18. The zero-order valence-electron chi connectivity index (χ0n) is 8.79. The number of anilines is 1. The summed E-state index contributed by atoms with van der Waals surface area (Å²) in [6.45, 7) is 6.37. The Hall–Kier alpha value is -1.16. The van der Waals surface area contributed by atoms with Crippen LogP contribution in [0.25, 0.3) is 0 Å². The number of nitrogens with zero attached hydrogens (tertiary/aromatic N) is 2. The van der Waals surface area contributed by atoms with E-state index in [4.69, 9.17) is 4.74 Å². The highest BCUT2D eigenvalue weighted by molar-refractivity contribution is 5.32. The molecule has 1 aromatic rings. The first-order chi connectivity index (χ1) is 6.83. The van der Waals surface area contributed by atoms with Crippen LogP contribution in [0.1, 0.15) is 19.0 Å². The van der Waals surface area contributed by atoms with E-state index in [0.717, 1.165) is 37.7 Å². The molecular formula is C10H17N3O. The largest absolute Gasteiger partial charge is 0.382 e. The highest BCUT2D eigenvalue weighted by atomic mass is 16.5. The zero-order chi connectivity index (χ0) is 10.2. The number of aryl methyl sites for hydroxylation is 1. The molecule has 0 aliphatic carbocycles. The molecule has 0 spiro atoms. The van der Waals surface area contributed by atoms with E-state index < -0.39 is 0 Å². The summed E-state index contributed by atoms with van der Waals surface area (Å²) in [4.78, 5) is 0. The van der Waals surface area contributed by atoms with E-state index in [9.17, 15) is 0 Å². The Morgan fingerprint density at radius 1 is 1.36 bits per heavy atom. The molecule has 0 radical (unpaired) electrons. The van der Waals surface area contributed by atoms with Crippen LogP contribution in [-0.2, 0) is 4.74 Å². The number of nitrogens with one attached hydrogen (secondary N) is 1. The van der Waals surface area contributed by atoms with Crippen LogP contribution in [0.5, 0.6) is 0 Å². The van der Waals surface area contributed by atoms with Gasteiger partial charge in [-0.1, -0.05) is 0 Å². The number of hydrogen-bond acceptors (Lipinski definition) is 4. The number of ether oxygens (including phenoxy) is 1. The molecule has 1 N–H and O–H groups in total. The molecule has 0 unspecified atom stereocenters. The van der Waals surface area contributed by atoms with E-state index in [0.29, 0.717) is 0 Å². The monoisotopic (exact) mass is 195 g/mol. The van der Waals surface area contributed by atoms with E-state index in [1.165, 1.54) is 0 Å². The average molecular weight is 195 g/mol. The van der Waals surface area contributed by atoms with Gasteiger partial charge in [-0.05, 0) is 32.4 Å². The number of aromatic nitrogens is 2. The van der Waals surface area contributed by atoms with E-state index in [1.807, 2.05) is 26.0 Å². The summed E-state index contributed by atoms with van der Waals surface area (Å²) in [6.07, 6.45) is 0.989. The maximum atomic E-state index is 5.21. The Morgan fingerprint density at radius 3 is 2.86 bits per heavy atom. The maximum absolute atomic E-state index is 5.21. The fraction of sp³-hybridized carbons (Fsp3) is 0.600. The van der Waals surface area contributed by atoms with Crippen LogP contribution in [0.4, 0.5) is 5.82 Å². The molecule has 4 nitrogen and oxygen atoms in total. The Balaban J connectivity index is 2.15. The van der Waals surface area contributed by atoms with Gasteiger partial charge in [-0.3, -0.25) is 0 Å². The van der Waals surface area contributed by atoms with Crippen molar-refractivity contribution in [1.29, 1.82) is 0 Å². The molecule has 4 heteroatoms. The van der Waals surface area contributed by atoms with Crippen LogP contribution in [0.2, 0.25) is 0 Å². The molecule has 1 heterocycles. The van der Waals surface area contributed by atoms with Gasteiger partial charge in [0.1, 0.15) is 5.82 Å². The lowest BCUT2D eigenvalue weighted by atomic mass is 10.4. The smallest absolute Gasteiger partial charge is 0.148 e. The van der Waals surface area contributed by atoms with Gasteiger partial charge in [0, 0.05) is 19.8 Å². The number of hydrogen-bond donors (Lipinski definition) is 1. The molecule has 1 aromatic heterocycles. The van der Waals surface area contributed by atoms with Crippen molar-refractivity contribution >= 4 is 5.82 Å². The minimum Gasteiger partial charge on any atom is -0.382 e. The predicted octanol–water partition coefficient (Wildman–Crippen LogP) is 1.62. The Kier molecular flexibility index (Phi) is 4.93. The highest BCUT2D eigenvalue weighted by Crippen LogP contribution is 2.00. The second kappa shape index (κ2) is 6.32. The average Bonchev–Trinajstić information content (AvgIpc) is 2.21. The minimum absolute atomic E-state index is 0.782. The third-order valence-corrected chi connectivity index (χ3v) is 1.77. The summed E-state index contributed by atoms with van der Waals surface area (Å²) in [5.74, 6) is 0.826. The van der Waals surface area contributed by atoms with Crippen molar-refractivity contribution in [3.63, 3.8) is 0 Å². The quantitative estimate of drug-likeness (QED) is 0.701. The second-order valence-electron chi connectivity index (χ2n) is 3.04. The summed E-state index contributed by atoms with van der Waals surface area (Å²) in [6, 6.07) is 3.88. The first-order valence-corrected chi connectivity index (χ1v) is 4.95. The van der Waals surface area contributed by atoms with Crippen molar-refractivity contribution < 1.29 is 4.74 Å². The molecule has 0 aromatic carbocycles. The van der Waals surface area contributed by atoms with Crippen LogP contribution in [0.15, 0.2) is 12.1 Å². The van der Waals surface area contributed by atoms with Crippen LogP contribution >= 0.6 is 0 Å². The lowest BCUT2D eigenvalue weighted by Crippen LogP contribution is -2.07. The first-order valence-electron chi connectivity index (χ1n) is 4.95. The highest BCUT2D eigenvalue weighted by Gasteiger charge is 1.93. The molecule has 78 valence electrons. The SMILES string of the molecule is CCOCCCNc1ccc(C)nn1. The van der Waals surface area contributed by atoms with Crippen molar-refractivity contribution in [3.8, 4) is 0 Å². The van der Waals surface area contributed by atoms with Gasteiger partial charge in [0.25, 0.3) is 0 Å². The topological polar surface area (TPSA) is 47.0 Å². The van der Waals surface area contributed by atoms with Gasteiger partial charge in [-0.15, -0.1) is 5.10 Å². The van der Waals surface area contributed by atoms with E-state index in [-0.39, 0.29) is 0 Å². The normalized spacial score (nSPS) is 10.1. The number of rotatable bonds is 6. The van der Waals surface area contributed by atoms with E-state index in [2.05, 4.69) is 15.5 Å². The molecular weight excluding hydrogens is 178 g/mol. The predicted molar refractivity (Wildman–Crippen MR) is 56.4 cm³/mol. The van der Waals surface area contributed by atoms with Crippen molar-refractivity contribution in [2.24, 2.45) is 0 Å². The molecule has 0 atom stereocenters. The Labute approximate surface area is 84.7 Å². The Morgan fingerprint density at radius 2 is 2.21 bits per heavy atom. The van der Waals surface area contributed by atoms with E-state index in [1.54, 1.807) is 0 Å². The van der Waals surface area contributed by atoms with Gasteiger partial charge in [0.2, 0.25) is 0 Å². The molecule has 0 fully saturated rings. The molecule has 0 aliphatic rings. The van der Waals surface area contributed by atoms with Gasteiger partial charge in [0.15, 0.2) is 0 Å². The second-order valence-corrected chi connectivity index (χ2v) is 3.04. The molecule has 14 heavy (non-hydrogen) atoms. The lowest BCUT2D eigenvalue weighted by molar-refractivity contribution is 0.147. The van der Waals surface area contributed by atoms with Gasteiger partial charge in [-0.25, -0.2) is 0 Å². The summed E-state index contributed by atoms with van der Waals surface area (Å²) < 4.78 is 5.21. The van der Waals surface area contributed by atoms with Crippen molar-refractivity contribution in [2.75, 3.05) is 25.1 Å². The third-order valence-electron chi connectivity index (χ3n) is 1.77. The standard InChI is InChI=1S/C10H17N3O/c1-3-14-8-4-7-11-10-6-5-9(2)12-13-10/h5-6H,3-4,7-8H2,1-2H3,(H,11,13). The molecule has 0 bridgehead atoms. The summed E-state index contributed by atoms with van der Waals surface area (Å²) in [7, 11) is 0. The van der Waals surface area contributed by atoms with E-state index >= 15 is 0 Å². The molecule has 1 rings (SSSR count). The van der Waals surface area contributed by atoms with Crippen LogP contribution in [0.3, 0.4) is 0 Å². The minimum atomic E-state index is 0.782. The molecule has 0 saturated heterocycles.